The van der Waals surface area contributed by atoms with Crippen LogP contribution >= 0.6 is 0 Å². The normalized spacial score (nSPS) is 15.2. The van der Waals surface area contributed by atoms with Gasteiger partial charge in [-0.25, -0.2) is 9.18 Å². The number of urea groups is 1. The SMILES string of the molecule is O=C(NCCCCc1ccc(C(F)(F)F)cc1)NCC1(c2cc(F)cc(C(F)(F)F)c2)CC1. The number of aryl methyl sites for hydroxylation is 1. The molecule has 180 valence electrons. The predicted octanol–water partition coefficient (Wildman–Crippen LogP) is 6.22. The molecule has 0 atom stereocenters. The van der Waals surface area contributed by atoms with E-state index < -0.39 is 40.7 Å². The summed E-state index contributed by atoms with van der Waals surface area (Å²) in [6.45, 7) is 0.419. The van der Waals surface area contributed by atoms with E-state index in [2.05, 4.69) is 10.6 Å². The summed E-state index contributed by atoms with van der Waals surface area (Å²) >= 11 is 0. The fraction of sp³-hybridized carbons (Fsp3) is 0.435. The van der Waals surface area contributed by atoms with Crippen molar-refractivity contribution in [3.05, 3.63) is 70.5 Å². The van der Waals surface area contributed by atoms with E-state index in [0.29, 0.717) is 44.7 Å². The van der Waals surface area contributed by atoms with Crippen molar-refractivity contribution in [3.8, 4) is 0 Å². The van der Waals surface area contributed by atoms with Crippen molar-refractivity contribution in [2.24, 2.45) is 0 Å². The molecule has 2 aromatic carbocycles. The molecule has 3 rings (SSSR count). The Labute approximate surface area is 186 Å². The highest BCUT2D eigenvalue weighted by Gasteiger charge is 2.46. The van der Waals surface area contributed by atoms with Crippen LogP contribution in [0.25, 0.3) is 0 Å². The van der Waals surface area contributed by atoms with Crippen LogP contribution in [0.3, 0.4) is 0 Å². The monoisotopic (exact) mass is 476 g/mol. The van der Waals surface area contributed by atoms with Crippen molar-refractivity contribution in [2.45, 2.75) is 49.9 Å². The molecule has 1 fully saturated rings. The molecule has 2 amide bonds. The van der Waals surface area contributed by atoms with Crippen LogP contribution in [0.15, 0.2) is 42.5 Å². The lowest BCUT2D eigenvalue weighted by Crippen LogP contribution is -2.40. The van der Waals surface area contributed by atoms with Gasteiger partial charge in [0.25, 0.3) is 0 Å². The van der Waals surface area contributed by atoms with Crippen LogP contribution in [0, 0.1) is 5.82 Å². The lowest BCUT2D eigenvalue weighted by molar-refractivity contribution is -0.138. The fourth-order valence-electron chi connectivity index (χ4n) is 3.61. The Morgan fingerprint density at radius 1 is 0.848 bits per heavy atom. The third-order valence-electron chi connectivity index (χ3n) is 5.74. The summed E-state index contributed by atoms with van der Waals surface area (Å²) in [4.78, 5) is 12.0. The Kier molecular flexibility index (Phi) is 7.23. The summed E-state index contributed by atoms with van der Waals surface area (Å²) in [5, 5.41) is 5.27. The average Bonchev–Trinajstić information content (AvgIpc) is 3.52. The average molecular weight is 476 g/mol. The van der Waals surface area contributed by atoms with Crippen LogP contribution in [0.1, 0.15) is 47.9 Å². The van der Waals surface area contributed by atoms with Gasteiger partial charge in [0.05, 0.1) is 11.1 Å². The van der Waals surface area contributed by atoms with Gasteiger partial charge >= 0.3 is 18.4 Å². The molecule has 0 unspecified atom stereocenters. The van der Waals surface area contributed by atoms with Gasteiger partial charge in [-0.3, -0.25) is 0 Å². The van der Waals surface area contributed by atoms with Crippen LogP contribution < -0.4 is 10.6 Å². The van der Waals surface area contributed by atoms with Crippen molar-refractivity contribution in [2.75, 3.05) is 13.1 Å². The molecule has 0 aromatic heterocycles. The highest BCUT2D eigenvalue weighted by molar-refractivity contribution is 5.74. The van der Waals surface area contributed by atoms with Gasteiger partial charge in [-0.05, 0) is 73.6 Å². The Bertz CT molecular complexity index is 964. The maximum Gasteiger partial charge on any atom is 0.416 e. The second kappa shape index (κ2) is 9.61. The molecule has 0 saturated heterocycles. The number of rotatable bonds is 8. The minimum absolute atomic E-state index is 0.0884. The molecule has 10 heteroatoms. The zero-order valence-corrected chi connectivity index (χ0v) is 17.5. The first-order valence-corrected chi connectivity index (χ1v) is 10.5. The summed E-state index contributed by atoms with van der Waals surface area (Å²) in [6.07, 6.45) is -6.13. The Hall–Kier alpha value is -2.78. The van der Waals surface area contributed by atoms with Gasteiger partial charge in [-0.15, -0.1) is 0 Å². The number of hydrogen-bond donors (Lipinski definition) is 2. The molecule has 2 aromatic rings. The quantitative estimate of drug-likeness (QED) is 0.345. The summed E-state index contributed by atoms with van der Waals surface area (Å²) < 4.78 is 90.2. The molecule has 0 spiro atoms. The van der Waals surface area contributed by atoms with Gasteiger partial charge in [0, 0.05) is 18.5 Å². The number of carbonyl (C=O) groups excluding carboxylic acids is 1. The van der Waals surface area contributed by atoms with E-state index in [1.54, 1.807) is 0 Å². The zero-order valence-electron chi connectivity index (χ0n) is 17.5. The number of unbranched alkanes of at least 4 members (excludes halogenated alkanes) is 1. The highest BCUT2D eigenvalue weighted by atomic mass is 19.4. The van der Waals surface area contributed by atoms with Gasteiger partial charge in [-0.1, -0.05) is 12.1 Å². The Morgan fingerprint density at radius 2 is 1.48 bits per heavy atom. The van der Waals surface area contributed by atoms with Crippen molar-refractivity contribution in [3.63, 3.8) is 0 Å². The summed E-state index contributed by atoms with van der Waals surface area (Å²) in [7, 11) is 0. The van der Waals surface area contributed by atoms with E-state index in [1.165, 1.54) is 12.1 Å². The van der Waals surface area contributed by atoms with E-state index in [1.807, 2.05) is 0 Å². The number of carbonyl (C=O) groups is 1. The van der Waals surface area contributed by atoms with Crippen molar-refractivity contribution < 1.29 is 35.5 Å². The first kappa shape index (κ1) is 24.9. The molecule has 0 bridgehead atoms. The topological polar surface area (TPSA) is 41.1 Å². The number of halogens is 7. The van der Waals surface area contributed by atoms with Gasteiger partial charge in [0.2, 0.25) is 0 Å². The van der Waals surface area contributed by atoms with Crippen LogP contribution in [-0.2, 0) is 24.2 Å². The van der Waals surface area contributed by atoms with E-state index in [0.717, 1.165) is 29.8 Å². The molecule has 33 heavy (non-hydrogen) atoms. The van der Waals surface area contributed by atoms with E-state index in [9.17, 15) is 35.5 Å². The van der Waals surface area contributed by atoms with Crippen LogP contribution in [0.2, 0.25) is 0 Å². The molecule has 0 aliphatic heterocycles. The van der Waals surface area contributed by atoms with Gasteiger partial charge in [0.15, 0.2) is 0 Å². The number of amides is 2. The summed E-state index contributed by atoms with van der Waals surface area (Å²) in [5.74, 6) is -0.969. The summed E-state index contributed by atoms with van der Waals surface area (Å²) in [5.41, 5.74) is -1.49. The fourth-order valence-corrected chi connectivity index (χ4v) is 3.61. The number of alkyl halides is 6. The van der Waals surface area contributed by atoms with E-state index in [-0.39, 0.29) is 12.1 Å². The van der Waals surface area contributed by atoms with Crippen molar-refractivity contribution in [1.82, 2.24) is 10.6 Å². The van der Waals surface area contributed by atoms with Crippen molar-refractivity contribution >= 4 is 6.03 Å². The zero-order chi connectivity index (χ0) is 24.3. The Balaban J connectivity index is 1.40. The third kappa shape index (κ3) is 6.85. The lowest BCUT2D eigenvalue weighted by Gasteiger charge is -2.19. The first-order chi connectivity index (χ1) is 15.4. The molecule has 1 aliphatic rings. The number of nitrogens with one attached hydrogen (secondary N) is 2. The molecule has 1 aliphatic carbocycles. The lowest BCUT2D eigenvalue weighted by atomic mass is 9.94. The van der Waals surface area contributed by atoms with Gasteiger partial charge in [-0.2, -0.15) is 26.3 Å². The third-order valence-corrected chi connectivity index (χ3v) is 5.74. The molecular weight excluding hydrogens is 453 g/mol. The molecule has 1 saturated carbocycles. The second-order valence-corrected chi connectivity index (χ2v) is 8.27. The molecule has 0 radical (unpaired) electrons. The Morgan fingerprint density at radius 3 is 2.06 bits per heavy atom. The maximum absolute atomic E-state index is 13.7. The molecule has 3 nitrogen and oxygen atoms in total. The van der Waals surface area contributed by atoms with E-state index >= 15 is 0 Å². The first-order valence-electron chi connectivity index (χ1n) is 10.5. The van der Waals surface area contributed by atoms with Crippen LogP contribution in [0.4, 0.5) is 35.5 Å². The molecule has 2 N–H and O–H groups in total. The predicted molar refractivity (Wildman–Crippen MR) is 108 cm³/mol. The van der Waals surface area contributed by atoms with Crippen molar-refractivity contribution in [1.29, 1.82) is 0 Å². The minimum Gasteiger partial charge on any atom is -0.338 e. The summed E-state index contributed by atoms with van der Waals surface area (Å²) in [6, 6.07) is 6.88. The van der Waals surface area contributed by atoms with Crippen LogP contribution in [0.5, 0.6) is 0 Å². The standard InChI is InChI=1S/C23H23F7N2O/c24-19-12-17(11-18(13-19)23(28,29)30)21(8-9-21)14-32-20(33)31-10-2-1-3-15-4-6-16(7-5-15)22(25,26)27/h4-7,11-13H,1-3,8-10,14H2,(H2,31,32,33). The van der Waals surface area contributed by atoms with Crippen LogP contribution in [-0.4, -0.2) is 19.1 Å². The number of hydrogen-bond acceptors (Lipinski definition) is 1. The van der Waals surface area contributed by atoms with Gasteiger partial charge in [0.1, 0.15) is 5.82 Å². The molecule has 0 heterocycles. The number of benzene rings is 2. The highest BCUT2D eigenvalue weighted by Crippen LogP contribution is 2.48. The maximum atomic E-state index is 13.7. The second-order valence-electron chi connectivity index (χ2n) is 8.27. The van der Waals surface area contributed by atoms with Gasteiger partial charge < -0.3 is 10.6 Å². The largest absolute Gasteiger partial charge is 0.416 e. The van der Waals surface area contributed by atoms with E-state index in [4.69, 9.17) is 0 Å². The smallest absolute Gasteiger partial charge is 0.338 e. The minimum atomic E-state index is -4.65. The molecular formula is C23H23F7N2O.